The fraction of sp³-hybridized carbons (Fsp3) is 0.895. The van der Waals surface area contributed by atoms with E-state index in [0.29, 0.717) is 32.8 Å². The molecule has 1 rings (SSSR count). The normalized spacial score (nSPS) is 18.4. The van der Waals surface area contributed by atoms with Gasteiger partial charge in [0.1, 0.15) is 12.1 Å². The number of nitrogens with zero attached hydrogens (tertiary/aromatic N) is 1. The number of carboxylic acids is 2. The molecule has 0 aromatic rings. The molecule has 1 heterocycles. The Morgan fingerprint density at radius 1 is 1.04 bits per heavy atom. The Bertz CT molecular complexity index is 438. The molecular weight excluding hydrogens is 366 g/mol. The molecule has 164 valence electrons. The van der Waals surface area contributed by atoms with E-state index in [1.165, 1.54) is 0 Å². The van der Waals surface area contributed by atoms with Gasteiger partial charge < -0.3 is 30.7 Å². The zero-order valence-electron chi connectivity index (χ0n) is 16.8. The van der Waals surface area contributed by atoms with Crippen LogP contribution in [-0.2, 0) is 19.1 Å². The van der Waals surface area contributed by atoms with Crippen LogP contribution in [-0.4, -0.2) is 91.7 Å². The van der Waals surface area contributed by atoms with Crippen LogP contribution in [0.5, 0.6) is 0 Å². The summed E-state index contributed by atoms with van der Waals surface area (Å²) in [4.78, 5) is 23.7. The predicted octanol–water partition coefficient (Wildman–Crippen LogP) is 0.521. The van der Waals surface area contributed by atoms with Crippen LogP contribution in [0.25, 0.3) is 0 Å². The lowest BCUT2D eigenvalue weighted by molar-refractivity contribution is -0.142. The summed E-state index contributed by atoms with van der Waals surface area (Å²) in [5, 5.41) is 21.1. The van der Waals surface area contributed by atoms with Gasteiger partial charge in [0, 0.05) is 19.8 Å². The Balaban J connectivity index is 1.78. The number of hydrogen-bond acceptors (Lipinski definition) is 7. The first-order valence-electron chi connectivity index (χ1n) is 10.3. The van der Waals surface area contributed by atoms with Gasteiger partial charge in [0.2, 0.25) is 0 Å². The molecule has 9 nitrogen and oxygen atoms in total. The fourth-order valence-electron chi connectivity index (χ4n) is 3.23. The van der Waals surface area contributed by atoms with Crippen molar-refractivity contribution in [2.75, 3.05) is 52.6 Å². The van der Waals surface area contributed by atoms with Crippen LogP contribution in [0.2, 0.25) is 0 Å². The number of carbonyl (C=O) groups is 2. The van der Waals surface area contributed by atoms with Gasteiger partial charge in [0.15, 0.2) is 0 Å². The lowest BCUT2D eigenvalue weighted by Gasteiger charge is -2.20. The quantitative estimate of drug-likeness (QED) is 0.242. The summed E-state index contributed by atoms with van der Waals surface area (Å²) < 4.78 is 11.0. The van der Waals surface area contributed by atoms with Crippen LogP contribution in [0.4, 0.5) is 0 Å². The van der Waals surface area contributed by atoms with Gasteiger partial charge in [-0.15, -0.1) is 0 Å². The van der Waals surface area contributed by atoms with Crippen LogP contribution >= 0.6 is 0 Å². The number of likely N-dealkylation sites (tertiary alicyclic amines) is 1. The minimum Gasteiger partial charge on any atom is -0.480 e. The third kappa shape index (κ3) is 11.6. The molecule has 0 saturated carbocycles. The van der Waals surface area contributed by atoms with Crippen molar-refractivity contribution in [1.29, 1.82) is 0 Å². The second-order valence-corrected chi connectivity index (χ2v) is 7.15. The van der Waals surface area contributed by atoms with Crippen molar-refractivity contribution in [1.82, 2.24) is 10.2 Å². The number of hydrogen-bond donors (Lipinski definition) is 4. The Labute approximate surface area is 167 Å². The minimum absolute atomic E-state index is 0.320. The predicted molar refractivity (Wildman–Crippen MR) is 105 cm³/mol. The molecule has 28 heavy (non-hydrogen) atoms. The SMILES string of the molecule is NC(CCCCNCCCOCCOCCCN1CCC[C@H]1C(=O)O)C(=O)O. The van der Waals surface area contributed by atoms with Crippen molar-refractivity contribution in [2.24, 2.45) is 5.73 Å². The zero-order valence-corrected chi connectivity index (χ0v) is 16.8. The first-order chi connectivity index (χ1) is 13.5. The molecule has 0 aliphatic carbocycles. The number of aliphatic carboxylic acids is 2. The van der Waals surface area contributed by atoms with Gasteiger partial charge in [-0.05, 0) is 58.2 Å². The molecule has 0 bridgehead atoms. The molecule has 1 saturated heterocycles. The molecule has 9 heteroatoms. The Morgan fingerprint density at radius 2 is 1.71 bits per heavy atom. The number of unbranched alkanes of at least 4 members (excludes halogenated alkanes) is 1. The van der Waals surface area contributed by atoms with Gasteiger partial charge in [0.25, 0.3) is 0 Å². The van der Waals surface area contributed by atoms with Gasteiger partial charge >= 0.3 is 11.9 Å². The maximum absolute atomic E-state index is 11.1. The molecule has 2 atom stereocenters. The summed E-state index contributed by atoms with van der Waals surface area (Å²) in [6.45, 7) is 5.78. The number of nitrogens with two attached hydrogens (primary N) is 1. The van der Waals surface area contributed by atoms with Crippen molar-refractivity contribution < 1.29 is 29.3 Å². The Kier molecular flexibility index (Phi) is 13.8. The second-order valence-electron chi connectivity index (χ2n) is 7.15. The molecule has 0 amide bonds. The van der Waals surface area contributed by atoms with E-state index in [0.717, 1.165) is 64.7 Å². The van der Waals surface area contributed by atoms with Crippen LogP contribution in [0.15, 0.2) is 0 Å². The highest BCUT2D eigenvalue weighted by Crippen LogP contribution is 2.17. The van der Waals surface area contributed by atoms with E-state index < -0.39 is 18.0 Å². The van der Waals surface area contributed by atoms with E-state index in [4.69, 9.17) is 25.4 Å². The Morgan fingerprint density at radius 3 is 2.39 bits per heavy atom. The van der Waals surface area contributed by atoms with E-state index in [1.54, 1.807) is 0 Å². The molecule has 1 fully saturated rings. The second kappa shape index (κ2) is 15.6. The molecule has 5 N–H and O–H groups in total. The largest absolute Gasteiger partial charge is 0.480 e. The Hall–Kier alpha value is -1.26. The minimum atomic E-state index is -0.937. The van der Waals surface area contributed by atoms with Gasteiger partial charge in [-0.3, -0.25) is 14.5 Å². The van der Waals surface area contributed by atoms with E-state index in [2.05, 4.69) is 5.32 Å². The summed E-state index contributed by atoms with van der Waals surface area (Å²) in [7, 11) is 0. The molecule has 1 aliphatic rings. The van der Waals surface area contributed by atoms with Crippen LogP contribution in [0, 0.1) is 0 Å². The molecule has 0 aromatic carbocycles. The molecule has 0 aromatic heterocycles. The highest BCUT2D eigenvalue weighted by molar-refractivity contribution is 5.73. The van der Waals surface area contributed by atoms with E-state index in [-0.39, 0.29) is 6.04 Å². The maximum atomic E-state index is 11.1. The van der Waals surface area contributed by atoms with Gasteiger partial charge in [-0.1, -0.05) is 6.42 Å². The summed E-state index contributed by atoms with van der Waals surface area (Å²) in [5.74, 6) is -1.66. The van der Waals surface area contributed by atoms with Crippen molar-refractivity contribution in [3.8, 4) is 0 Å². The maximum Gasteiger partial charge on any atom is 0.320 e. The fourth-order valence-corrected chi connectivity index (χ4v) is 3.23. The van der Waals surface area contributed by atoms with Crippen molar-refractivity contribution in [3.63, 3.8) is 0 Å². The van der Waals surface area contributed by atoms with E-state index in [9.17, 15) is 9.59 Å². The zero-order chi connectivity index (χ0) is 20.6. The number of nitrogens with one attached hydrogen (secondary N) is 1. The first kappa shape index (κ1) is 24.8. The summed E-state index contributed by atoms with van der Waals surface area (Å²) in [6, 6.07) is -1.07. The van der Waals surface area contributed by atoms with Crippen LogP contribution < -0.4 is 11.1 Å². The average Bonchev–Trinajstić information content (AvgIpc) is 3.13. The van der Waals surface area contributed by atoms with E-state index in [1.807, 2.05) is 4.90 Å². The van der Waals surface area contributed by atoms with Crippen LogP contribution in [0.3, 0.4) is 0 Å². The molecule has 0 spiro atoms. The van der Waals surface area contributed by atoms with Gasteiger partial charge in [0.05, 0.1) is 13.2 Å². The van der Waals surface area contributed by atoms with Gasteiger partial charge in [-0.25, -0.2) is 0 Å². The van der Waals surface area contributed by atoms with Crippen LogP contribution in [0.1, 0.15) is 44.9 Å². The van der Waals surface area contributed by atoms with Crippen molar-refractivity contribution >= 4 is 11.9 Å². The lowest BCUT2D eigenvalue weighted by atomic mass is 10.1. The summed E-state index contributed by atoms with van der Waals surface area (Å²) in [6.07, 6.45) is 5.70. The summed E-state index contributed by atoms with van der Waals surface area (Å²) >= 11 is 0. The monoisotopic (exact) mass is 403 g/mol. The first-order valence-corrected chi connectivity index (χ1v) is 10.3. The molecule has 0 radical (unpaired) electrons. The third-order valence-corrected chi connectivity index (χ3v) is 4.83. The lowest BCUT2D eigenvalue weighted by Crippen LogP contribution is -2.36. The van der Waals surface area contributed by atoms with E-state index >= 15 is 0 Å². The third-order valence-electron chi connectivity index (χ3n) is 4.83. The smallest absolute Gasteiger partial charge is 0.320 e. The number of carboxylic acid groups (broad SMARTS) is 2. The average molecular weight is 404 g/mol. The molecule has 1 aliphatic heterocycles. The van der Waals surface area contributed by atoms with Crippen molar-refractivity contribution in [3.05, 3.63) is 0 Å². The molecule has 1 unspecified atom stereocenters. The highest BCUT2D eigenvalue weighted by Gasteiger charge is 2.29. The molecular formula is C19H37N3O6. The topological polar surface area (TPSA) is 134 Å². The van der Waals surface area contributed by atoms with Gasteiger partial charge in [-0.2, -0.15) is 0 Å². The number of rotatable bonds is 18. The number of ether oxygens (including phenoxy) is 2. The van der Waals surface area contributed by atoms with Crippen molar-refractivity contribution in [2.45, 2.75) is 57.0 Å². The standard InChI is InChI=1S/C19H37N3O6/c20-16(18(23)24)6-1-2-8-21-9-4-12-27-14-15-28-13-5-11-22-10-3-7-17(22)19(25)26/h16-17,21H,1-15,20H2,(H,23,24)(H,25,26)/t16?,17-/m0/s1. The summed E-state index contributed by atoms with van der Waals surface area (Å²) in [5.41, 5.74) is 5.44. The highest BCUT2D eigenvalue weighted by atomic mass is 16.5.